The third-order valence-corrected chi connectivity index (χ3v) is 13.6. The second kappa shape index (κ2) is 11.4. The Hall–Kier alpha value is -7.92. The van der Waals surface area contributed by atoms with E-state index in [1.807, 2.05) is 24.3 Å². The first-order valence-corrected chi connectivity index (χ1v) is 20.5. The summed E-state index contributed by atoms with van der Waals surface area (Å²) in [6, 6.07) is 53.8. The number of nitrogens with zero attached hydrogens (tertiary/aromatic N) is 4. The fourth-order valence-electron chi connectivity index (χ4n) is 11.3. The van der Waals surface area contributed by atoms with Crippen molar-refractivity contribution in [2.24, 2.45) is 0 Å². The Morgan fingerprint density at radius 3 is 1.05 bits per heavy atom. The predicted octanol–water partition coefficient (Wildman–Crippen LogP) is 14.6. The molecule has 0 atom stereocenters. The van der Waals surface area contributed by atoms with E-state index in [1.54, 1.807) is 0 Å². The Balaban J connectivity index is 1.30. The van der Waals surface area contributed by atoms with Crippen molar-refractivity contribution >= 4 is 97.7 Å². The van der Waals surface area contributed by atoms with Crippen LogP contribution in [0.25, 0.3) is 120 Å². The normalized spacial score (nSPS) is 12.3. The molecular weight excluding hydrogens is 729 g/mol. The summed E-state index contributed by atoms with van der Waals surface area (Å²) in [6.45, 7) is 8.49. The van der Waals surface area contributed by atoms with E-state index in [1.165, 1.54) is 109 Å². The minimum Gasteiger partial charge on any atom is -0.308 e. The fourth-order valence-corrected chi connectivity index (χ4v) is 11.3. The Labute approximate surface area is 344 Å². The van der Waals surface area contributed by atoms with Gasteiger partial charge in [0.2, 0.25) is 0 Å². The van der Waals surface area contributed by atoms with Gasteiger partial charge in [-0.2, -0.15) is 10.5 Å². The SMILES string of the molecule is Cc1cc(C#N)cc(C)c1-c1ccc2c(c1)c1c3c4cc5ccccc5cc4n4c5ccc(-c6c(C)cc(C#N)cc6C)cc5c(c5c6cc7ccccc7cc6n2c15)c34. The molecule has 60 heavy (non-hydrogen) atoms. The molecule has 4 heteroatoms. The van der Waals surface area contributed by atoms with Crippen LogP contribution in [0.4, 0.5) is 0 Å². The lowest BCUT2D eigenvalue weighted by Gasteiger charge is -2.12. The quantitative estimate of drug-likeness (QED) is 0.176. The van der Waals surface area contributed by atoms with Crippen LogP contribution in [-0.2, 0) is 0 Å². The predicted molar refractivity (Wildman–Crippen MR) is 250 cm³/mol. The molecule has 0 saturated heterocycles. The number of aromatic nitrogens is 2. The molecular formula is C56H34N4. The van der Waals surface area contributed by atoms with Crippen molar-refractivity contribution in [1.29, 1.82) is 10.5 Å². The van der Waals surface area contributed by atoms with E-state index in [0.29, 0.717) is 11.1 Å². The van der Waals surface area contributed by atoms with Crippen LogP contribution in [0, 0.1) is 50.4 Å². The molecule has 4 nitrogen and oxygen atoms in total. The monoisotopic (exact) mass is 762 g/mol. The van der Waals surface area contributed by atoms with Crippen LogP contribution in [0.2, 0.25) is 0 Å². The Bertz CT molecular complexity index is 3860. The first-order chi connectivity index (χ1) is 29.3. The number of rotatable bonds is 2. The number of hydrogen-bond donors (Lipinski definition) is 0. The molecule has 4 aromatic heterocycles. The minimum absolute atomic E-state index is 0.689. The highest BCUT2D eigenvalue weighted by Gasteiger charge is 2.29. The van der Waals surface area contributed by atoms with E-state index in [4.69, 9.17) is 0 Å². The van der Waals surface area contributed by atoms with Crippen molar-refractivity contribution in [2.45, 2.75) is 27.7 Å². The highest BCUT2D eigenvalue weighted by Crippen LogP contribution is 2.53. The first kappa shape index (κ1) is 33.1. The molecule has 0 saturated carbocycles. The first-order valence-electron chi connectivity index (χ1n) is 20.5. The van der Waals surface area contributed by atoms with Gasteiger partial charge in [-0.3, -0.25) is 0 Å². The van der Waals surface area contributed by atoms with Crippen LogP contribution in [0.3, 0.4) is 0 Å². The molecule has 0 aliphatic carbocycles. The van der Waals surface area contributed by atoms with E-state index >= 15 is 0 Å². The van der Waals surface area contributed by atoms with Gasteiger partial charge in [0.25, 0.3) is 0 Å². The summed E-state index contributed by atoms with van der Waals surface area (Å²) in [7, 11) is 0. The van der Waals surface area contributed by atoms with E-state index in [9.17, 15) is 10.5 Å². The van der Waals surface area contributed by atoms with Gasteiger partial charge in [-0.25, -0.2) is 0 Å². The van der Waals surface area contributed by atoms with Gasteiger partial charge in [-0.15, -0.1) is 0 Å². The summed E-state index contributed by atoms with van der Waals surface area (Å²) in [5.74, 6) is 0. The summed E-state index contributed by atoms with van der Waals surface area (Å²) >= 11 is 0. The molecule has 0 aliphatic rings. The zero-order valence-electron chi connectivity index (χ0n) is 33.5. The van der Waals surface area contributed by atoms with Gasteiger partial charge in [0.1, 0.15) is 0 Å². The molecule has 0 aliphatic heterocycles. The molecule has 0 spiro atoms. The molecule has 0 amide bonds. The highest BCUT2D eigenvalue weighted by atomic mass is 14.9. The van der Waals surface area contributed by atoms with Crippen molar-refractivity contribution in [3.8, 4) is 34.4 Å². The topological polar surface area (TPSA) is 56.4 Å². The van der Waals surface area contributed by atoms with Crippen LogP contribution in [0.1, 0.15) is 33.4 Å². The van der Waals surface area contributed by atoms with Crippen molar-refractivity contribution in [1.82, 2.24) is 8.80 Å². The second-order valence-electron chi connectivity index (χ2n) is 17.0. The number of fused-ring (bicyclic) bond motifs is 16. The smallest absolute Gasteiger partial charge is 0.0991 e. The molecule has 278 valence electrons. The Kier molecular flexibility index (Phi) is 6.28. The Morgan fingerprint density at radius 2 is 0.700 bits per heavy atom. The molecule has 4 heterocycles. The number of hydrogen-bond acceptors (Lipinski definition) is 2. The van der Waals surface area contributed by atoms with Crippen molar-refractivity contribution in [2.75, 3.05) is 0 Å². The van der Waals surface area contributed by atoms with Crippen LogP contribution in [0.15, 0.2) is 133 Å². The maximum absolute atomic E-state index is 9.79. The summed E-state index contributed by atoms with van der Waals surface area (Å²) in [5.41, 5.74) is 17.7. The molecule has 0 unspecified atom stereocenters. The third-order valence-electron chi connectivity index (χ3n) is 13.6. The van der Waals surface area contributed by atoms with Crippen molar-refractivity contribution < 1.29 is 0 Å². The average molecular weight is 763 g/mol. The highest BCUT2D eigenvalue weighted by molar-refractivity contribution is 6.46. The van der Waals surface area contributed by atoms with E-state index in [2.05, 4.69) is 158 Å². The summed E-state index contributed by atoms with van der Waals surface area (Å²) < 4.78 is 5.09. The lowest BCUT2D eigenvalue weighted by Crippen LogP contribution is -1.91. The molecule has 0 fully saturated rings. The van der Waals surface area contributed by atoms with Gasteiger partial charge in [0.15, 0.2) is 0 Å². The van der Waals surface area contributed by atoms with E-state index in [-0.39, 0.29) is 0 Å². The summed E-state index contributed by atoms with van der Waals surface area (Å²) in [5, 5.41) is 34.5. The molecule has 9 aromatic carbocycles. The van der Waals surface area contributed by atoms with Gasteiger partial charge in [0, 0.05) is 43.1 Å². The van der Waals surface area contributed by atoms with Crippen molar-refractivity contribution in [3.63, 3.8) is 0 Å². The third kappa shape index (κ3) is 4.07. The van der Waals surface area contributed by atoms with E-state index in [0.717, 1.165) is 33.4 Å². The van der Waals surface area contributed by atoms with Crippen LogP contribution in [0.5, 0.6) is 0 Å². The summed E-state index contributed by atoms with van der Waals surface area (Å²) in [6.07, 6.45) is 0. The number of benzene rings is 9. The zero-order valence-corrected chi connectivity index (χ0v) is 33.5. The minimum atomic E-state index is 0.689. The molecule has 0 bridgehead atoms. The van der Waals surface area contributed by atoms with Crippen LogP contribution in [-0.4, -0.2) is 8.80 Å². The Morgan fingerprint density at radius 1 is 0.367 bits per heavy atom. The lowest BCUT2D eigenvalue weighted by molar-refractivity contribution is 1.35. The van der Waals surface area contributed by atoms with Crippen LogP contribution < -0.4 is 0 Å². The van der Waals surface area contributed by atoms with Crippen molar-refractivity contribution in [3.05, 3.63) is 167 Å². The number of aryl methyl sites for hydroxylation is 4. The van der Waals surface area contributed by atoms with Gasteiger partial charge >= 0.3 is 0 Å². The van der Waals surface area contributed by atoms with Gasteiger partial charge in [-0.05, 0) is 167 Å². The van der Waals surface area contributed by atoms with Gasteiger partial charge in [0.05, 0.1) is 56.4 Å². The van der Waals surface area contributed by atoms with E-state index < -0.39 is 0 Å². The average Bonchev–Trinajstić information content (AvgIpc) is 3.97. The zero-order chi connectivity index (χ0) is 40.3. The molecule has 0 N–H and O–H groups in total. The van der Waals surface area contributed by atoms with Crippen LogP contribution >= 0.6 is 0 Å². The van der Waals surface area contributed by atoms with Gasteiger partial charge in [-0.1, -0.05) is 60.7 Å². The maximum atomic E-state index is 9.79. The van der Waals surface area contributed by atoms with Gasteiger partial charge < -0.3 is 8.80 Å². The maximum Gasteiger partial charge on any atom is 0.0991 e. The molecule has 13 aromatic rings. The summed E-state index contributed by atoms with van der Waals surface area (Å²) in [4.78, 5) is 0. The lowest BCUT2D eigenvalue weighted by atomic mass is 9.91. The molecule has 13 rings (SSSR count). The largest absolute Gasteiger partial charge is 0.308 e. The number of nitriles is 2. The standard InChI is InChI=1S/C56H34N4/c1-29-17-33(27-57)18-30(2)49(29)39-13-15-45-41(23-39)51-53-43-21-35-9-5-8-12-38(35)26-48(43)60-46-16-14-40(50-31(3)19-34(28-58)20-32(50)4)24-42(46)52(56(53)60)54-44-22-36-10-6-7-11-37(36)25-47(44)59(45)55(51)54/h5-26H,1-4H3. The fraction of sp³-hybridized carbons (Fsp3) is 0.0714. The molecule has 0 radical (unpaired) electrons. The second-order valence-corrected chi connectivity index (χ2v) is 17.0.